The van der Waals surface area contributed by atoms with Crippen molar-refractivity contribution in [2.45, 2.75) is 25.9 Å². The van der Waals surface area contributed by atoms with E-state index < -0.39 is 0 Å². The molecule has 0 radical (unpaired) electrons. The van der Waals surface area contributed by atoms with Crippen LogP contribution in [0, 0.1) is 5.82 Å². The Labute approximate surface area is 150 Å². The van der Waals surface area contributed by atoms with Crippen LogP contribution in [0.25, 0.3) is 11.3 Å². The molecule has 4 rings (SSSR count). The van der Waals surface area contributed by atoms with E-state index in [0.29, 0.717) is 10.6 Å². The Morgan fingerprint density at radius 1 is 1.12 bits per heavy atom. The molecule has 0 bridgehead atoms. The number of aromatic nitrogens is 2. The van der Waals surface area contributed by atoms with E-state index >= 15 is 0 Å². The number of imidazole rings is 1. The van der Waals surface area contributed by atoms with Gasteiger partial charge in [0.15, 0.2) is 12.2 Å². The van der Waals surface area contributed by atoms with E-state index in [9.17, 15) is 9.18 Å². The van der Waals surface area contributed by atoms with Gasteiger partial charge in [0.25, 0.3) is 5.82 Å². The van der Waals surface area contributed by atoms with Crippen molar-refractivity contribution in [1.82, 2.24) is 4.57 Å². The monoisotopic (exact) mass is 355 g/mol. The fraction of sp³-hybridized carbons (Fsp3) is 0.200. The van der Waals surface area contributed by atoms with Crippen LogP contribution in [0.1, 0.15) is 22.6 Å². The van der Waals surface area contributed by atoms with Crippen LogP contribution in [0.15, 0.2) is 54.7 Å². The number of fused-ring (bicyclic) bond motifs is 1. The SMILES string of the molecule is O=C(C[n+]1cc(-c2ccc(F)cc2)n2c1CCC2)c1ccc(Cl)cc1. The molecule has 0 atom stereocenters. The normalized spacial score (nSPS) is 13.0. The second kappa shape index (κ2) is 6.45. The van der Waals surface area contributed by atoms with Crippen LogP contribution < -0.4 is 4.57 Å². The molecular formula is C20H17ClFN2O+. The maximum absolute atomic E-state index is 13.2. The van der Waals surface area contributed by atoms with Gasteiger partial charge in [0.1, 0.15) is 12.0 Å². The van der Waals surface area contributed by atoms with Crippen LogP contribution in [0.5, 0.6) is 0 Å². The van der Waals surface area contributed by atoms with Crippen LogP contribution in [0.4, 0.5) is 4.39 Å². The van der Waals surface area contributed by atoms with Gasteiger partial charge in [-0.05, 0) is 55.0 Å². The lowest BCUT2D eigenvalue weighted by Gasteiger charge is -2.00. The molecule has 0 N–H and O–H groups in total. The fourth-order valence-corrected chi connectivity index (χ4v) is 3.50. The van der Waals surface area contributed by atoms with Crippen LogP contribution >= 0.6 is 11.6 Å². The first-order valence-corrected chi connectivity index (χ1v) is 8.66. The summed E-state index contributed by atoms with van der Waals surface area (Å²) in [5, 5.41) is 0.618. The molecule has 2 heterocycles. The molecule has 1 aliphatic heterocycles. The second-order valence-corrected chi connectivity index (χ2v) is 6.69. The van der Waals surface area contributed by atoms with Crippen molar-refractivity contribution in [1.29, 1.82) is 0 Å². The number of Topliss-reactive ketones (excluding diaryl/α,β-unsaturated/α-hetero) is 1. The summed E-state index contributed by atoms with van der Waals surface area (Å²) in [6, 6.07) is 13.5. The molecule has 0 fully saturated rings. The van der Waals surface area contributed by atoms with Gasteiger partial charge in [-0.3, -0.25) is 4.79 Å². The van der Waals surface area contributed by atoms with Gasteiger partial charge in [-0.25, -0.2) is 13.5 Å². The van der Waals surface area contributed by atoms with Gasteiger partial charge >= 0.3 is 0 Å². The number of carbonyl (C=O) groups is 1. The number of rotatable bonds is 4. The van der Waals surface area contributed by atoms with Crippen LogP contribution in [-0.4, -0.2) is 10.4 Å². The molecule has 25 heavy (non-hydrogen) atoms. The molecule has 0 unspecified atom stereocenters. The molecule has 0 amide bonds. The molecule has 2 aromatic carbocycles. The third kappa shape index (κ3) is 3.10. The molecule has 3 nitrogen and oxygen atoms in total. The van der Waals surface area contributed by atoms with E-state index in [1.54, 1.807) is 36.4 Å². The maximum atomic E-state index is 13.2. The van der Waals surface area contributed by atoms with Crippen LogP contribution in [-0.2, 0) is 19.5 Å². The van der Waals surface area contributed by atoms with Crippen molar-refractivity contribution >= 4 is 17.4 Å². The zero-order chi connectivity index (χ0) is 17.4. The first-order valence-electron chi connectivity index (χ1n) is 8.28. The molecule has 126 valence electrons. The quantitative estimate of drug-likeness (QED) is 0.512. The van der Waals surface area contributed by atoms with E-state index in [1.807, 2.05) is 10.8 Å². The van der Waals surface area contributed by atoms with Crippen molar-refractivity contribution in [3.8, 4) is 11.3 Å². The minimum atomic E-state index is -0.247. The van der Waals surface area contributed by atoms with Gasteiger partial charge in [0.05, 0.1) is 13.0 Å². The Morgan fingerprint density at radius 3 is 2.56 bits per heavy atom. The van der Waals surface area contributed by atoms with E-state index in [-0.39, 0.29) is 18.1 Å². The summed E-state index contributed by atoms with van der Waals surface area (Å²) in [7, 11) is 0. The van der Waals surface area contributed by atoms with E-state index in [1.165, 1.54) is 12.1 Å². The summed E-state index contributed by atoms with van der Waals surface area (Å²) in [6.07, 6.45) is 3.99. The third-order valence-corrected chi connectivity index (χ3v) is 4.87. The summed E-state index contributed by atoms with van der Waals surface area (Å²) in [4.78, 5) is 12.6. The summed E-state index contributed by atoms with van der Waals surface area (Å²) in [5.41, 5.74) is 2.64. The molecule has 0 saturated carbocycles. The summed E-state index contributed by atoms with van der Waals surface area (Å²) in [5.74, 6) is 0.942. The predicted octanol–water partition coefficient (Wildman–Crippen LogP) is 4.06. The average molecular weight is 356 g/mol. The molecule has 1 aromatic heterocycles. The molecule has 3 aromatic rings. The number of hydrogen-bond donors (Lipinski definition) is 0. The zero-order valence-electron chi connectivity index (χ0n) is 13.6. The van der Waals surface area contributed by atoms with E-state index in [2.05, 4.69) is 4.57 Å². The lowest BCUT2D eigenvalue weighted by atomic mass is 10.1. The van der Waals surface area contributed by atoms with Gasteiger partial charge in [0.2, 0.25) is 5.78 Å². The smallest absolute Gasteiger partial charge is 0.257 e. The highest BCUT2D eigenvalue weighted by molar-refractivity contribution is 6.30. The number of halogens is 2. The molecule has 0 aliphatic carbocycles. The summed E-state index contributed by atoms with van der Waals surface area (Å²) in [6.45, 7) is 1.21. The van der Waals surface area contributed by atoms with Gasteiger partial charge in [-0.1, -0.05) is 11.6 Å². The van der Waals surface area contributed by atoms with E-state index in [4.69, 9.17) is 11.6 Å². The molecule has 1 aliphatic rings. The Hall–Kier alpha value is -2.46. The summed E-state index contributed by atoms with van der Waals surface area (Å²) >= 11 is 5.89. The fourth-order valence-electron chi connectivity index (χ4n) is 3.38. The molecular weight excluding hydrogens is 339 g/mol. The number of carbonyl (C=O) groups excluding carboxylic acids is 1. The molecule has 0 saturated heterocycles. The predicted molar refractivity (Wildman–Crippen MR) is 94.1 cm³/mol. The number of benzene rings is 2. The van der Waals surface area contributed by atoms with Gasteiger partial charge in [-0.15, -0.1) is 0 Å². The Kier molecular flexibility index (Phi) is 4.14. The first kappa shape index (κ1) is 16.0. The Bertz CT molecular complexity index is 930. The number of ketones is 1. The van der Waals surface area contributed by atoms with Crippen molar-refractivity contribution in [3.63, 3.8) is 0 Å². The number of nitrogens with zero attached hydrogens (tertiary/aromatic N) is 2. The number of hydrogen-bond acceptors (Lipinski definition) is 1. The second-order valence-electron chi connectivity index (χ2n) is 6.25. The van der Waals surface area contributed by atoms with Crippen LogP contribution in [0.2, 0.25) is 5.02 Å². The molecule has 5 heteroatoms. The van der Waals surface area contributed by atoms with Crippen molar-refractivity contribution < 1.29 is 13.8 Å². The first-order chi connectivity index (χ1) is 12.1. The van der Waals surface area contributed by atoms with E-state index in [0.717, 1.165) is 36.5 Å². The zero-order valence-corrected chi connectivity index (χ0v) is 14.3. The van der Waals surface area contributed by atoms with Crippen molar-refractivity contribution in [2.75, 3.05) is 0 Å². The van der Waals surface area contributed by atoms with Crippen molar-refractivity contribution in [3.05, 3.63) is 77.0 Å². The Balaban J connectivity index is 1.66. The summed E-state index contributed by atoms with van der Waals surface area (Å²) < 4.78 is 17.4. The highest BCUT2D eigenvalue weighted by Crippen LogP contribution is 2.25. The molecule has 0 spiro atoms. The minimum absolute atomic E-state index is 0.0487. The minimum Gasteiger partial charge on any atom is -0.290 e. The highest BCUT2D eigenvalue weighted by atomic mass is 35.5. The topological polar surface area (TPSA) is 25.9 Å². The largest absolute Gasteiger partial charge is 0.290 e. The average Bonchev–Trinajstić information content (AvgIpc) is 3.20. The lowest BCUT2D eigenvalue weighted by Crippen LogP contribution is -2.40. The van der Waals surface area contributed by atoms with Gasteiger partial charge in [0, 0.05) is 16.1 Å². The standard InChI is InChI=1S/C20H17ClFN2O/c21-16-7-3-15(4-8-16)19(25)13-23-12-18(24-11-1-2-20(23)24)14-5-9-17(22)10-6-14/h3-10,12H,1-2,11,13H2/q+1. The van der Waals surface area contributed by atoms with Crippen LogP contribution in [0.3, 0.4) is 0 Å². The maximum Gasteiger partial charge on any atom is 0.257 e. The third-order valence-electron chi connectivity index (χ3n) is 4.61. The lowest BCUT2D eigenvalue weighted by molar-refractivity contribution is -0.689. The Morgan fingerprint density at radius 2 is 1.84 bits per heavy atom. The van der Waals surface area contributed by atoms with Gasteiger partial charge < -0.3 is 0 Å². The van der Waals surface area contributed by atoms with Gasteiger partial charge in [-0.2, -0.15) is 0 Å². The van der Waals surface area contributed by atoms with Crippen molar-refractivity contribution in [2.24, 2.45) is 0 Å². The highest BCUT2D eigenvalue weighted by Gasteiger charge is 2.29.